The first-order chi connectivity index (χ1) is 8.85. The third-order valence-corrected chi connectivity index (χ3v) is 4.47. The molecule has 0 bridgehead atoms. The van der Waals surface area contributed by atoms with Crippen LogP contribution < -0.4 is 14.8 Å². The van der Waals surface area contributed by atoms with Gasteiger partial charge in [-0.05, 0) is 49.3 Å². The zero-order chi connectivity index (χ0) is 12.5. The van der Waals surface area contributed by atoms with Crippen molar-refractivity contribution in [3.63, 3.8) is 0 Å². The lowest BCUT2D eigenvalue weighted by Crippen LogP contribution is -2.37. The highest BCUT2D eigenvalue weighted by Gasteiger charge is 2.33. The summed E-state index contributed by atoms with van der Waals surface area (Å²) in [6.45, 7) is 2.27. The van der Waals surface area contributed by atoms with Crippen molar-refractivity contribution in [1.82, 2.24) is 5.32 Å². The molecule has 0 amide bonds. The van der Waals surface area contributed by atoms with Crippen LogP contribution in [-0.4, -0.2) is 27.3 Å². The van der Waals surface area contributed by atoms with Crippen LogP contribution in [0.15, 0.2) is 12.1 Å². The maximum absolute atomic E-state index is 5.57. The fraction of sp³-hybridized carbons (Fsp3) is 0.600. The van der Waals surface area contributed by atoms with E-state index in [2.05, 4.69) is 17.4 Å². The standard InChI is InChI=1S/C15H21NO2.ClH/c1-17-14-6-5-11-12(15(14)18-2)4-3-10-7-8-16-9-13(10)11;/h5-6,10,13,16H,3-4,7-9H2,1-2H3;1H/t10-,13-;/m1./s1. The first-order valence-corrected chi connectivity index (χ1v) is 6.79. The van der Waals surface area contributed by atoms with Crippen molar-refractivity contribution < 1.29 is 9.47 Å². The lowest BCUT2D eigenvalue weighted by molar-refractivity contribution is 0.283. The Hall–Kier alpha value is -0.930. The molecule has 4 heteroatoms. The number of hydrogen-bond acceptors (Lipinski definition) is 3. The van der Waals surface area contributed by atoms with Crippen LogP contribution in [0.3, 0.4) is 0 Å². The van der Waals surface area contributed by atoms with E-state index >= 15 is 0 Å². The van der Waals surface area contributed by atoms with Crippen molar-refractivity contribution in [3.8, 4) is 11.5 Å². The zero-order valence-electron chi connectivity index (χ0n) is 11.6. The van der Waals surface area contributed by atoms with Crippen LogP contribution in [0, 0.1) is 5.92 Å². The van der Waals surface area contributed by atoms with Gasteiger partial charge in [-0.3, -0.25) is 0 Å². The molecule has 2 aliphatic rings. The van der Waals surface area contributed by atoms with Gasteiger partial charge in [0.15, 0.2) is 11.5 Å². The molecule has 1 fully saturated rings. The van der Waals surface area contributed by atoms with Crippen molar-refractivity contribution in [1.29, 1.82) is 0 Å². The Labute approximate surface area is 121 Å². The van der Waals surface area contributed by atoms with E-state index in [0.29, 0.717) is 5.92 Å². The molecule has 1 aromatic carbocycles. The van der Waals surface area contributed by atoms with Gasteiger partial charge in [-0.1, -0.05) is 6.07 Å². The molecule has 1 aromatic rings. The number of methoxy groups -OCH3 is 2. The van der Waals surface area contributed by atoms with E-state index in [0.717, 1.165) is 30.4 Å². The van der Waals surface area contributed by atoms with Crippen molar-refractivity contribution >= 4 is 12.4 Å². The largest absolute Gasteiger partial charge is 0.493 e. The Bertz CT molecular complexity index is 450. The zero-order valence-corrected chi connectivity index (χ0v) is 12.4. The van der Waals surface area contributed by atoms with Gasteiger partial charge < -0.3 is 14.8 Å². The Morgan fingerprint density at radius 1 is 1.16 bits per heavy atom. The monoisotopic (exact) mass is 283 g/mol. The molecular weight excluding hydrogens is 262 g/mol. The molecule has 19 heavy (non-hydrogen) atoms. The summed E-state index contributed by atoms with van der Waals surface area (Å²) in [7, 11) is 3.45. The van der Waals surface area contributed by atoms with E-state index in [1.807, 2.05) is 0 Å². The molecule has 0 spiro atoms. The Morgan fingerprint density at radius 3 is 2.74 bits per heavy atom. The van der Waals surface area contributed by atoms with Gasteiger partial charge in [0.25, 0.3) is 0 Å². The summed E-state index contributed by atoms with van der Waals surface area (Å²) in [6, 6.07) is 4.29. The lowest BCUT2D eigenvalue weighted by atomic mass is 9.72. The van der Waals surface area contributed by atoms with Crippen LogP contribution in [0.1, 0.15) is 29.9 Å². The Morgan fingerprint density at radius 2 is 2.00 bits per heavy atom. The van der Waals surface area contributed by atoms with Gasteiger partial charge >= 0.3 is 0 Å². The van der Waals surface area contributed by atoms with Crippen molar-refractivity contribution in [2.75, 3.05) is 27.3 Å². The van der Waals surface area contributed by atoms with Crippen LogP contribution >= 0.6 is 12.4 Å². The molecule has 1 N–H and O–H groups in total. The average Bonchev–Trinajstić information content (AvgIpc) is 2.45. The van der Waals surface area contributed by atoms with Crippen LogP contribution in [0.4, 0.5) is 0 Å². The number of ether oxygens (including phenoxy) is 2. The highest BCUT2D eigenvalue weighted by atomic mass is 35.5. The fourth-order valence-electron chi connectivity index (χ4n) is 3.56. The van der Waals surface area contributed by atoms with Crippen molar-refractivity contribution in [2.24, 2.45) is 5.92 Å². The van der Waals surface area contributed by atoms with E-state index in [9.17, 15) is 0 Å². The topological polar surface area (TPSA) is 30.5 Å². The third kappa shape index (κ3) is 2.41. The minimum atomic E-state index is 0. The minimum Gasteiger partial charge on any atom is -0.493 e. The fourth-order valence-corrected chi connectivity index (χ4v) is 3.56. The first kappa shape index (κ1) is 14.5. The van der Waals surface area contributed by atoms with Gasteiger partial charge in [-0.25, -0.2) is 0 Å². The maximum Gasteiger partial charge on any atom is 0.164 e. The smallest absolute Gasteiger partial charge is 0.164 e. The minimum absolute atomic E-state index is 0. The molecule has 1 aliphatic carbocycles. The summed E-state index contributed by atoms with van der Waals surface area (Å²) >= 11 is 0. The number of benzene rings is 1. The molecule has 2 atom stereocenters. The number of halogens is 1. The number of hydrogen-bond donors (Lipinski definition) is 1. The predicted octanol–water partition coefficient (Wildman–Crippen LogP) is 2.76. The third-order valence-electron chi connectivity index (χ3n) is 4.47. The summed E-state index contributed by atoms with van der Waals surface area (Å²) in [5, 5.41) is 3.52. The van der Waals surface area contributed by atoms with Gasteiger partial charge in [0, 0.05) is 12.1 Å². The van der Waals surface area contributed by atoms with E-state index in [-0.39, 0.29) is 12.4 Å². The van der Waals surface area contributed by atoms with E-state index in [4.69, 9.17) is 9.47 Å². The molecular formula is C15H22ClNO2. The SMILES string of the molecule is COc1ccc2c(c1OC)CC[C@@H]1CCNC[C@@H]21.Cl. The van der Waals surface area contributed by atoms with Crippen LogP contribution in [0.5, 0.6) is 11.5 Å². The average molecular weight is 284 g/mol. The molecule has 0 unspecified atom stereocenters. The normalized spacial score (nSPS) is 24.7. The number of piperidine rings is 1. The van der Waals surface area contributed by atoms with Crippen molar-refractivity contribution in [2.45, 2.75) is 25.2 Å². The molecule has 1 saturated heterocycles. The summed E-state index contributed by atoms with van der Waals surface area (Å²) in [4.78, 5) is 0. The van der Waals surface area contributed by atoms with E-state index in [1.54, 1.807) is 14.2 Å². The number of rotatable bonds is 2. The Balaban J connectivity index is 0.00000133. The van der Waals surface area contributed by atoms with E-state index < -0.39 is 0 Å². The summed E-state index contributed by atoms with van der Waals surface area (Å²) < 4.78 is 11.0. The summed E-state index contributed by atoms with van der Waals surface area (Å²) in [5.41, 5.74) is 2.83. The molecule has 3 nitrogen and oxygen atoms in total. The second-order valence-electron chi connectivity index (χ2n) is 5.27. The molecule has 106 valence electrons. The number of fused-ring (bicyclic) bond motifs is 3. The van der Waals surface area contributed by atoms with Gasteiger partial charge in [0.05, 0.1) is 14.2 Å². The van der Waals surface area contributed by atoms with Gasteiger partial charge in [0.1, 0.15) is 0 Å². The summed E-state index contributed by atoms with van der Waals surface area (Å²) in [5.74, 6) is 3.30. The quantitative estimate of drug-likeness (QED) is 0.905. The predicted molar refractivity (Wildman–Crippen MR) is 78.8 cm³/mol. The summed E-state index contributed by atoms with van der Waals surface area (Å²) in [6.07, 6.45) is 3.71. The van der Waals surface area contributed by atoms with E-state index in [1.165, 1.54) is 30.5 Å². The second kappa shape index (κ2) is 6.02. The molecule has 0 radical (unpaired) electrons. The van der Waals surface area contributed by atoms with Crippen molar-refractivity contribution in [3.05, 3.63) is 23.3 Å². The second-order valence-corrected chi connectivity index (χ2v) is 5.27. The highest BCUT2D eigenvalue weighted by Crippen LogP contribution is 2.45. The van der Waals surface area contributed by atoms with Gasteiger partial charge in [0.2, 0.25) is 0 Å². The molecule has 1 aliphatic heterocycles. The molecule has 1 heterocycles. The van der Waals surface area contributed by atoms with Crippen LogP contribution in [0.2, 0.25) is 0 Å². The maximum atomic E-state index is 5.57. The molecule has 0 aromatic heterocycles. The lowest BCUT2D eigenvalue weighted by Gasteiger charge is -2.38. The van der Waals surface area contributed by atoms with Crippen LogP contribution in [0.25, 0.3) is 0 Å². The van der Waals surface area contributed by atoms with Crippen LogP contribution in [-0.2, 0) is 6.42 Å². The van der Waals surface area contributed by atoms with Gasteiger partial charge in [-0.15, -0.1) is 12.4 Å². The molecule has 3 rings (SSSR count). The highest BCUT2D eigenvalue weighted by molar-refractivity contribution is 5.85. The van der Waals surface area contributed by atoms with Gasteiger partial charge in [-0.2, -0.15) is 0 Å². The first-order valence-electron chi connectivity index (χ1n) is 6.79. The molecule has 0 saturated carbocycles. The number of nitrogens with one attached hydrogen (secondary N) is 1. The Kier molecular flexibility index (Phi) is 4.58.